The predicted octanol–water partition coefficient (Wildman–Crippen LogP) is -1.98. The summed E-state index contributed by atoms with van der Waals surface area (Å²) < 4.78 is 0.592. The van der Waals surface area contributed by atoms with Crippen LogP contribution in [0.4, 0.5) is 5.69 Å². The molecule has 1 aromatic carbocycles. The maximum Gasteiger partial charge on any atom is 1.00 e. The Bertz CT molecular complexity index is 788. The zero-order valence-corrected chi connectivity index (χ0v) is 19.6. The molecule has 10 heteroatoms. The molecule has 0 unspecified atom stereocenters. The van der Waals surface area contributed by atoms with Crippen LogP contribution in [-0.2, 0) is 9.59 Å². The number of aliphatic hydroxyl groups is 1. The summed E-state index contributed by atoms with van der Waals surface area (Å²) in [6.07, 6.45) is -0.823. The number of hydrogen-bond acceptors (Lipinski definition) is 7. The minimum absolute atomic E-state index is 0. The van der Waals surface area contributed by atoms with Gasteiger partial charge < -0.3 is 19.9 Å². The summed E-state index contributed by atoms with van der Waals surface area (Å²) in [7, 11) is 1.85. The van der Waals surface area contributed by atoms with Crippen LogP contribution in [0.2, 0.25) is 0 Å². The molecule has 1 aromatic rings. The minimum Gasteiger partial charge on any atom is -0.543 e. The smallest absolute Gasteiger partial charge is 0.543 e. The van der Waals surface area contributed by atoms with Crippen LogP contribution in [0.5, 0.6) is 0 Å². The van der Waals surface area contributed by atoms with E-state index in [0.29, 0.717) is 15.0 Å². The number of fused-ring (bicyclic) bond motifs is 1. The third-order valence-corrected chi connectivity index (χ3v) is 7.44. The first kappa shape index (κ1) is 22.7. The molecule has 1 saturated heterocycles. The Balaban J connectivity index is 0.00000261. The van der Waals surface area contributed by atoms with Crippen molar-refractivity contribution in [3.63, 3.8) is 0 Å². The van der Waals surface area contributed by atoms with E-state index in [1.54, 1.807) is 0 Å². The molecule has 138 valence electrons. The van der Waals surface area contributed by atoms with Gasteiger partial charge in [-0.15, -0.1) is 11.8 Å². The molecule has 3 rings (SSSR count). The second-order valence-electron chi connectivity index (χ2n) is 5.99. The summed E-state index contributed by atoms with van der Waals surface area (Å²) in [4.78, 5) is 27.3. The summed E-state index contributed by atoms with van der Waals surface area (Å²) in [5, 5.41) is 20.9. The number of β-lactam (4-membered cyclic amide) rings is 1. The van der Waals surface area contributed by atoms with E-state index in [0.717, 1.165) is 5.69 Å². The van der Waals surface area contributed by atoms with Crippen LogP contribution in [-0.4, -0.2) is 50.5 Å². The first-order valence-corrected chi connectivity index (χ1v) is 10.2. The third kappa shape index (κ3) is 4.39. The normalized spacial score (nSPS) is 21.9. The van der Waals surface area contributed by atoms with Crippen molar-refractivity contribution < 1.29 is 49.4 Å². The number of thiocarbonyl (C=S) groups is 1. The van der Waals surface area contributed by atoms with E-state index in [2.05, 4.69) is 0 Å². The third-order valence-electron chi connectivity index (χ3n) is 4.31. The number of aliphatic carboxylic acids is 1. The molecule has 0 aromatic heterocycles. The average Bonchev–Trinajstić information content (AvgIpc) is 2.93. The summed E-state index contributed by atoms with van der Waals surface area (Å²) >= 11 is 8.05. The van der Waals surface area contributed by atoms with Crippen LogP contribution in [0.3, 0.4) is 0 Å². The number of amides is 1. The van der Waals surface area contributed by atoms with Crippen LogP contribution in [0.1, 0.15) is 6.92 Å². The van der Waals surface area contributed by atoms with Gasteiger partial charge in [0.1, 0.15) is 9.69 Å². The van der Waals surface area contributed by atoms with Crippen LogP contribution in [0.15, 0.2) is 40.9 Å². The molecule has 0 bridgehead atoms. The quantitative estimate of drug-likeness (QED) is 0.326. The van der Waals surface area contributed by atoms with E-state index in [4.69, 9.17) is 12.2 Å². The maximum atomic E-state index is 12.2. The zero-order chi connectivity index (χ0) is 19.0. The van der Waals surface area contributed by atoms with Crippen LogP contribution < -0.4 is 39.6 Å². The van der Waals surface area contributed by atoms with Gasteiger partial charge in [-0.2, -0.15) is 0 Å². The largest absolute Gasteiger partial charge is 1.00 e. The fourth-order valence-electron chi connectivity index (χ4n) is 2.93. The molecule has 1 amide bonds. The van der Waals surface area contributed by atoms with E-state index in [-0.39, 0.29) is 46.5 Å². The van der Waals surface area contributed by atoms with Gasteiger partial charge in [0.05, 0.1) is 23.7 Å². The Labute approximate surface area is 193 Å². The number of nitrogens with zero attached hydrogens (tertiary/aromatic N) is 2. The molecule has 1 fully saturated rings. The zero-order valence-electron chi connectivity index (χ0n) is 15.1. The Morgan fingerprint density at radius 1 is 1.44 bits per heavy atom. The first-order valence-electron chi connectivity index (χ1n) is 7.90. The minimum atomic E-state index is -1.38. The van der Waals surface area contributed by atoms with Crippen molar-refractivity contribution in [2.45, 2.75) is 18.4 Å². The predicted molar refractivity (Wildman–Crippen MR) is 105 cm³/mol. The van der Waals surface area contributed by atoms with E-state index >= 15 is 0 Å². The van der Waals surface area contributed by atoms with Gasteiger partial charge in [0.15, 0.2) is 0 Å². The first-order chi connectivity index (χ1) is 12.3. The van der Waals surface area contributed by atoms with Gasteiger partial charge in [0.2, 0.25) is 5.91 Å². The van der Waals surface area contributed by atoms with Gasteiger partial charge >= 0.3 is 29.6 Å². The number of para-hydroxylation sites is 1. The topological polar surface area (TPSA) is 83.9 Å². The van der Waals surface area contributed by atoms with Gasteiger partial charge in [0.25, 0.3) is 0 Å². The second kappa shape index (κ2) is 9.30. The van der Waals surface area contributed by atoms with Gasteiger partial charge in [-0.05, 0) is 19.1 Å². The van der Waals surface area contributed by atoms with E-state index in [1.807, 2.05) is 42.3 Å². The van der Waals surface area contributed by atoms with Gasteiger partial charge in [-0.25, -0.2) is 0 Å². The van der Waals surface area contributed by atoms with E-state index in [1.165, 1.54) is 35.3 Å². The van der Waals surface area contributed by atoms with Crippen molar-refractivity contribution in [3.05, 3.63) is 40.9 Å². The fourth-order valence-corrected chi connectivity index (χ4v) is 5.74. The molecule has 1 N–H and O–H groups in total. The summed E-state index contributed by atoms with van der Waals surface area (Å²) in [5.74, 6) is -2.01. The number of anilines is 1. The molecule has 2 aliphatic rings. The van der Waals surface area contributed by atoms with Crippen molar-refractivity contribution in [3.8, 4) is 0 Å². The molecule has 3 atom stereocenters. The number of rotatable bonds is 5. The molecule has 2 heterocycles. The Kier molecular flexibility index (Phi) is 7.83. The molecular formula is C17H17N2NaO4S3. The second-order valence-corrected chi connectivity index (χ2v) is 8.81. The Hall–Kier alpha value is -0.550. The molecule has 2 aliphatic heterocycles. The van der Waals surface area contributed by atoms with Crippen molar-refractivity contribution in [1.82, 2.24) is 4.90 Å². The maximum absolute atomic E-state index is 12.2. The number of benzene rings is 1. The molecule has 0 radical (unpaired) electrons. The van der Waals surface area contributed by atoms with Crippen LogP contribution in [0.25, 0.3) is 0 Å². The van der Waals surface area contributed by atoms with Crippen molar-refractivity contribution >= 4 is 57.6 Å². The summed E-state index contributed by atoms with van der Waals surface area (Å²) in [5.41, 5.74) is 0.839. The fraction of sp³-hybridized carbons (Fsp3) is 0.353. The number of carboxylic acids is 1. The molecule has 0 spiro atoms. The van der Waals surface area contributed by atoms with E-state index < -0.39 is 18.0 Å². The Morgan fingerprint density at radius 2 is 2.07 bits per heavy atom. The van der Waals surface area contributed by atoms with Crippen molar-refractivity contribution in [2.75, 3.05) is 17.7 Å². The summed E-state index contributed by atoms with van der Waals surface area (Å²) in [6.45, 7) is 1.54. The number of thioether (sulfide) groups is 2. The molecule has 0 aliphatic carbocycles. The number of hydrogen-bond donors (Lipinski definition) is 1. The molecule has 6 nitrogen and oxygen atoms in total. The number of aliphatic hydroxyl groups excluding tert-OH is 1. The summed E-state index contributed by atoms with van der Waals surface area (Å²) in [6, 6.07) is 9.60. The average molecular weight is 433 g/mol. The van der Waals surface area contributed by atoms with Crippen LogP contribution in [0, 0.1) is 5.92 Å². The van der Waals surface area contributed by atoms with Crippen molar-refractivity contribution in [1.29, 1.82) is 0 Å². The standard InChI is InChI=1S/C17H18N2O4S3.Na/c1-9(20)12-14(21)19-13(16(22)23)11(26-15(12)19)8-25-17(24)18(2)10-6-4-3-5-7-10;/h3-7,9,12,15,20H,8H2,1-2H3,(H,22,23);/q;+1/p-1/t9-,12+,15-;/m1./s1. The monoisotopic (exact) mass is 432 g/mol. The number of carbonyl (C=O) groups is 2. The Morgan fingerprint density at radius 3 is 2.63 bits per heavy atom. The van der Waals surface area contributed by atoms with Crippen molar-refractivity contribution in [2.24, 2.45) is 5.92 Å². The van der Waals surface area contributed by atoms with E-state index in [9.17, 15) is 19.8 Å². The molecular weight excluding hydrogens is 415 g/mol. The van der Waals surface area contributed by atoms with Crippen LogP contribution >= 0.6 is 35.7 Å². The SMILES string of the molecule is C[C@@H](O)[C@H]1C(=O)N2C(C(=O)[O-])=C(CSC(=S)N(C)c3ccccc3)S[C@H]12.[Na+]. The number of carboxylic acid groups (broad SMARTS) is 1. The molecule has 0 saturated carbocycles. The molecule has 27 heavy (non-hydrogen) atoms. The number of carbonyl (C=O) groups excluding carboxylic acids is 2. The van der Waals surface area contributed by atoms with Gasteiger partial charge in [0, 0.05) is 23.4 Å². The van der Waals surface area contributed by atoms with Gasteiger partial charge in [-0.3, -0.25) is 9.69 Å². The van der Waals surface area contributed by atoms with Gasteiger partial charge in [-0.1, -0.05) is 42.2 Å².